The standard InChI is InChI=1S/C14H20ClNO3/c1-5-19-13(17)6-7-16-9(2)8-12(11(16)4)14(18)10(3)15/h8,10H,5-7H2,1-4H3. The molecule has 1 atom stereocenters. The second-order valence-corrected chi connectivity index (χ2v) is 5.13. The predicted octanol–water partition coefficient (Wildman–Crippen LogP) is 2.87. The molecule has 1 rings (SSSR count). The quantitative estimate of drug-likeness (QED) is 0.459. The van der Waals surface area contributed by atoms with Gasteiger partial charge in [-0.1, -0.05) is 0 Å². The summed E-state index contributed by atoms with van der Waals surface area (Å²) < 4.78 is 6.84. The van der Waals surface area contributed by atoms with Gasteiger partial charge in [-0.15, -0.1) is 11.6 Å². The molecule has 0 N–H and O–H groups in total. The molecule has 106 valence electrons. The summed E-state index contributed by atoms with van der Waals surface area (Å²) >= 11 is 5.83. The summed E-state index contributed by atoms with van der Waals surface area (Å²) in [5.41, 5.74) is 2.42. The minimum atomic E-state index is -0.543. The smallest absolute Gasteiger partial charge is 0.307 e. The van der Waals surface area contributed by atoms with E-state index in [9.17, 15) is 9.59 Å². The Hall–Kier alpha value is -1.29. The predicted molar refractivity (Wildman–Crippen MR) is 74.8 cm³/mol. The van der Waals surface area contributed by atoms with Crippen molar-refractivity contribution < 1.29 is 14.3 Å². The van der Waals surface area contributed by atoms with Crippen molar-refractivity contribution in [2.45, 2.75) is 46.0 Å². The third-order valence-corrected chi connectivity index (χ3v) is 3.24. The number of rotatable bonds is 6. The number of hydrogen-bond acceptors (Lipinski definition) is 3. The van der Waals surface area contributed by atoms with Crippen LogP contribution < -0.4 is 0 Å². The van der Waals surface area contributed by atoms with Crippen LogP contribution in [0.2, 0.25) is 0 Å². The van der Waals surface area contributed by atoms with Crippen LogP contribution in [-0.4, -0.2) is 28.3 Å². The Kier molecular flexibility index (Phi) is 5.60. The van der Waals surface area contributed by atoms with Crippen molar-refractivity contribution in [3.63, 3.8) is 0 Å². The van der Waals surface area contributed by atoms with Crippen molar-refractivity contribution in [3.8, 4) is 0 Å². The van der Waals surface area contributed by atoms with E-state index < -0.39 is 5.38 Å². The number of ketones is 1. The molecule has 1 aromatic rings. The molecule has 0 spiro atoms. The van der Waals surface area contributed by atoms with Gasteiger partial charge in [-0.05, 0) is 33.8 Å². The summed E-state index contributed by atoms with van der Waals surface area (Å²) in [7, 11) is 0. The molecule has 0 aromatic carbocycles. The maximum Gasteiger partial charge on any atom is 0.307 e. The molecule has 0 aliphatic heterocycles. The lowest BCUT2D eigenvalue weighted by molar-refractivity contribution is -0.143. The first-order valence-electron chi connectivity index (χ1n) is 6.39. The monoisotopic (exact) mass is 285 g/mol. The van der Waals surface area contributed by atoms with Crippen LogP contribution in [0.1, 0.15) is 42.0 Å². The van der Waals surface area contributed by atoms with Gasteiger partial charge in [-0.3, -0.25) is 9.59 Å². The van der Waals surface area contributed by atoms with Crippen LogP contribution in [0.15, 0.2) is 6.07 Å². The summed E-state index contributed by atoms with van der Waals surface area (Å²) in [5, 5.41) is -0.543. The normalized spacial score (nSPS) is 12.3. The molecule has 0 radical (unpaired) electrons. The average Bonchev–Trinajstić information content (AvgIpc) is 2.62. The van der Waals surface area contributed by atoms with E-state index in [0.717, 1.165) is 11.4 Å². The largest absolute Gasteiger partial charge is 0.466 e. The van der Waals surface area contributed by atoms with E-state index in [1.807, 2.05) is 24.5 Å². The minimum Gasteiger partial charge on any atom is -0.466 e. The molecule has 0 saturated heterocycles. The summed E-state index contributed by atoms with van der Waals surface area (Å²) in [6.07, 6.45) is 0.300. The van der Waals surface area contributed by atoms with Gasteiger partial charge in [0.05, 0.1) is 18.4 Å². The van der Waals surface area contributed by atoms with Crippen LogP contribution in [0.25, 0.3) is 0 Å². The van der Waals surface area contributed by atoms with Crippen molar-refractivity contribution in [1.82, 2.24) is 4.57 Å². The number of carbonyl (C=O) groups excluding carboxylic acids is 2. The van der Waals surface area contributed by atoms with E-state index in [1.54, 1.807) is 13.8 Å². The van der Waals surface area contributed by atoms with Crippen molar-refractivity contribution >= 4 is 23.4 Å². The Morgan fingerprint density at radius 3 is 2.58 bits per heavy atom. The molecular formula is C14H20ClNO3. The lowest BCUT2D eigenvalue weighted by atomic mass is 10.1. The first-order valence-corrected chi connectivity index (χ1v) is 6.82. The van der Waals surface area contributed by atoms with Crippen LogP contribution in [0, 0.1) is 13.8 Å². The van der Waals surface area contributed by atoms with Crippen molar-refractivity contribution in [2.24, 2.45) is 0 Å². The molecule has 0 aliphatic rings. The molecule has 5 heteroatoms. The van der Waals surface area contributed by atoms with Crippen molar-refractivity contribution in [3.05, 3.63) is 23.0 Å². The van der Waals surface area contributed by atoms with Gasteiger partial charge in [0, 0.05) is 23.5 Å². The van der Waals surface area contributed by atoms with Gasteiger partial charge in [-0.2, -0.15) is 0 Å². The Balaban J connectivity index is 2.86. The molecule has 0 bridgehead atoms. The highest BCUT2D eigenvalue weighted by molar-refractivity contribution is 6.33. The maximum absolute atomic E-state index is 11.9. The number of esters is 1. The van der Waals surface area contributed by atoms with E-state index in [0.29, 0.717) is 25.1 Å². The third-order valence-electron chi connectivity index (χ3n) is 3.05. The minimum absolute atomic E-state index is 0.0860. The van der Waals surface area contributed by atoms with Crippen LogP contribution in [-0.2, 0) is 16.1 Å². The molecule has 4 nitrogen and oxygen atoms in total. The van der Waals surface area contributed by atoms with Crippen LogP contribution in [0.5, 0.6) is 0 Å². The summed E-state index contributed by atoms with van der Waals surface area (Å²) in [4.78, 5) is 23.3. The molecular weight excluding hydrogens is 266 g/mol. The van der Waals surface area contributed by atoms with E-state index in [2.05, 4.69) is 0 Å². The van der Waals surface area contributed by atoms with Gasteiger partial charge in [-0.25, -0.2) is 0 Å². The zero-order valence-corrected chi connectivity index (χ0v) is 12.6. The Labute approximate surface area is 118 Å². The van der Waals surface area contributed by atoms with Gasteiger partial charge in [0.1, 0.15) is 0 Å². The number of halogens is 1. The number of aryl methyl sites for hydroxylation is 1. The zero-order valence-electron chi connectivity index (χ0n) is 11.8. The average molecular weight is 286 g/mol. The highest BCUT2D eigenvalue weighted by Crippen LogP contribution is 2.19. The fourth-order valence-corrected chi connectivity index (χ4v) is 2.16. The Morgan fingerprint density at radius 2 is 2.05 bits per heavy atom. The lowest BCUT2D eigenvalue weighted by Crippen LogP contribution is -2.13. The van der Waals surface area contributed by atoms with Crippen molar-refractivity contribution in [1.29, 1.82) is 0 Å². The van der Waals surface area contributed by atoms with Gasteiger partial charge < -0.3 is 9.30 Å². The van der Waals surface area contributed by atoms with E-state index in [1.165, 1.54) is 0 Å². The van der Waals surface area contributed by atoms with Crippen LogP contribution in [0.4, 0.5) is 0 Å². The number of aromatic nitrogens is 1. The Morgan fingerprint density at radius 1 is 1.42 bits per heavy atom. The van der Waals surface area contributed by atoms with Crippen LogP contribution in [0.3, 0.4) is 0 Å². The van der Waals surface area contributed by atoms with Gasteiger partial charge in [0.15, 0.2) is 5.78 Å². The Bertz CT molecular complexity index is 477. The number of nitrogens with zero attached hydrogens (tertiary/aromatic N) is 1. The summed E-state index contributed by atoms with van der Waals surface area (Å²) in [5.74, 6) is -0.314. The highest BCUT2D eigenvalue weighted by atomic mass is 35.5. The second-order valence-electron chi connectivity index (χ2n) is 4.47. The summed E-state index contributed by atoms with van der Waals surface area (Å²) in [6.45, 7) is 8.12. The maximum atomic E-state index is 11.9. The van der Waals surface area contributed by atoms with E-state index >= 15 is 0 Å². The van der Waals surface area contributed by atoms with Gasteiger partial charge >= 0.3 is 5.97 Å². The second kappa shape index (κ2) is 6.75. The molecule has 1 unspecified atom stereocenters. The van der Waals surface area contributed by atoms with Crippen molar-refractivity contribution in [2.75, 3.05) is 6.61 Å². The SMILES string of the molecule is CCOC(=O)CCn1c(C)cc(C(=O)C(C)Cl)c1C. The number of Topliss-reactive ketones (excluding diaryl/α,β-unsaturated/α-hetero) is 1. The topological polar surface area (TPSA) is 48.3 Å². The number of alkyl halides is 1. The molecule has 19 heavy (non-hydrogen) atoms. The molecule has 0 aliphatic carbocycles. The van der Waals surface area contributed by atoms with E-state index in [-0.39, 0.29) is 11.8 Å². The number of hydrogen-bond donors (Lipinski definition) is 0. The first-order chi connectivity index (χ1) is 8.88. The fourth-order valence-electron chi connectivity index (χ4n) is 2.05. The van der Waals surface area contributed by atoms with E-state index in [4.69, 9.17) is 16.3 Å². The zero-order chi connectivity index (χ0) is 14.6. The molecule has 0 saturated carbocycles. The van der Waals surface area contributed by atoms with Gasteiger partial charge in [0.25, 0.3) is 0 Å². The highest BCUT2D eigenvalue weighted by Gasteiger charge is 2.19. The third kappa shape index (κ3) is 3.83. The lowest BCUT2D eigenvalue weighted by Gasteiger charge is -2.09. The van der Waals surface area contributed by atoms with Crippen LogP contribution >= 0.6 is 11.6 Å². The molecule has 0 fully saturated rings. The first kappa shape index (κ1) is 15.8. The summed E-state index contributed by atoms with van der Waals surface area (Å²) in [6, 6.07) is 1.82. The van der Waals surface area contributed by atoms with Gasteiger partial charge in [0.2, 0.25) is 0 Å². The molecule has 0 amide bonds. The fraction of sp³-hybridized carbons (Fsp3) is 0.571. The number of ether oxygens (including phenoxy) is 1. The molecule has 1 aromatic heterocycles. The molecule has 1 heterocycles. The number of carbonyl (C=O) groups is 2.